The van der Waals surface area contributed by atoms with E-state index in [2.05, 4.69) is 5.32 Å². The summed E-state index contributed by atoms with van der Waals surface area (Å²) in [6, 6.07) is 15.3. The molecule has 0 saturated carbocycles. The van der Waals surface area contributed by atoms with Gasteiger partial charge in [-0.05, 0) is 42.5 Å². The molecule has 0 spiro atoms. The van der Waals surface area contributed by atoms with Crippen LogP contribution in [-0.2, 0) is 16.0 Å². The van der Waals surface area contributed by atoms with E-state index in [9.17, 15) is 9.59 Å². The molecule has 0 heterocycles. The molecule has 0 unspecified atom stereocenters. The molecule has 1 N–H and O–H groups in total. The molecule has 2 aromatic carbocycles. The highest BCUT2D eigenvalue weighted by Crippen LogP contribution is 2.24. The van der Waals surface area contributed by atoms with Crippen LogP contribution in [0.3, 0.4) is 0 Å². The molecular formula is C20H24N2O3S. The average molecular weight is 372 g/mol. The molecule has 2 aromatic rings. The van der Waals surface area contributed by atoms with Crippen molar-refractivity contribution < 1.29 is 14.3 Å². The number of methoxy groups -OCH3 is 1. The van der Waals surface area contributed by atoms with Crippen LogP contribution in [-0.4, -0.2) is 43.7 Å². The summed E-state index contributed by atoms with van der Waals surface area (Å²) in [5.41, 5.74) is 1.80. The van der Waals surface area contributed by atoms with Gasteiger partial charge in [-0.2, -0.15) is 0 Å². The van der Waals surface area contributed by atoms with Crippen molar-refractivity contribution >= 4 is 29.3 Å². The fourth-order valence-corrected chi connectivity index (χ4v) is 3.06. The van der Waals surface area contributed by atoms with Gasteiger partial charge >= 0.3 is 0 Å². The second-order valence-electron chi connectivity index (χ2n) is 5.85. The zero-order valence-corrected chi connectivity index (χ0v) is 16.1. The highest BCUT2D eigenvalue weighted by atomic mass is 32.2. The number of anilines is 1. The monoisotopic (exact) mass is 372 g/mol. The van der Waals surface area contributed by atoms with Gasteiger partial charge in [0, 0.05) is 18.4 Å². The molecule has 0 saturated heterocycles. The van der Waals surface area contributed by atoms with Crippen molar-refractivity contribution in [1.82, 2.24) is 4.90 Å². The third-order valence-electron chi connectivity index (χ3n) is 3.95. The van der Waals surface area contributed by atoms with E-state index < -0.39 is 0 Å². The van der Waals surface area contributed by atoms with E-state index in [1.807, 2.05) is 54.8 Å². The minimum Gasteiger partial charge on any atom is -0.497 e. The molecule has 5 nitrogen and oxygen atoms in total. The van der Waals surface area contributed by atoms with E-state index in [0.29, 0.717) is 12.8 Å². The van der Waals surface area contributed by atoms with Gasteiger partial charge in [-0.1, -0.05) is 24.3 Å². The highest BCUT2D eigenvalue weighted by Gasteiger charge is 2.14. The van der Waals surface area contributed by atoms with E-state index >= 15 is 0 Å². The minimum absolute atomic E-state index is 0.0274. The molecule has 0 radical (unpaired) electrons. The summed E-state index contributed by atoms with van der Waals surface area (Å²) in [7, 11) is 3.26. The second-order valence-corrected chi connectivity index (χ2v) is 6.70. The number of aryl methyl sites for hydroxylation is 1. The third-order valence-corrected chi connectivity index (χ3v) is 4.75. The number of rotatable bonds is 8. The van der Waals surface area contributed by atoms with Crippen LogP contribution < -0.4 is 10.1 Å². The first-order chi connectivity index (χ1) is 12.5. The Kier molecular flexibility index (Phi) is 7.53. The van der Waals surface area contributed by atoms with Crippen LogP contribution in [0.4, 0.5) is 5.69 Å². The van der Waals surface area contributed by atoms with Crippen molar-refractivity contribution in [3.05, 3.63) is 54.1 Å². The Morgan fingerprint density at radius 3 is 2.65 bits per heavy atom. The van der Waals surface area contributed by atoms with Crippen molar-refractivity contribution in [1.29, 1.82) is 0 Å². The number of ether oxygens (including phenoxy) is 1. The fourth-order valence-electron chi connectivity index (χ4n) is 2.51. The minimum atomic E-state index is -0.205. The maximum absolute atomic E-state index is 12.3. The van der Waals surface area contributed by atoms with Crippen molar-refractivity contribution in [2.75, 3.05) is 32.3 Å². The predicted octanol–water partition coefficient (Wildman–Crippen LogP) is 3.45. The third kappa shape index (κ3) is 5.81. The molecular weight excluding hydrogens is 348 g/mol. The van der Waals surface area contributed by atoms with Gasteiger partial charge in [0.2, 0.25) is 11.8 Å². The number of para-hydroxylation sites is 1. The molecule has 0 bridgehead atoms. The molecule has 26 heavy (non-hydrogen) atoms. The number of benzene rings is 2. The van der Waals surface area contributed by atoms with Gasteiger partial charge in [-0.3, -0.25) is 9.59 Å². The first kappa shape index (κ1) is 19.8. The maximum atomic E-state index is 12.3. The van der Waals surface area contributed by atoms with E-state index in [4.69, 9.17) is 4.74 Å². The van der Waals surface area contributed by atoms with Crippen LogP contribution in [0.15, 0.2) is 53.4 Å². The Morgan fingerprint density at radius 1 is 1.15 bits per heavy atom. The number of carbonyl (C=O) groups is 2. The fraction of sp³-hybridized carbons (Fsp3) is 0.300. The van der Waals surface area contributed by atoms with Gasteiger partial charge in [-0.25, -0.2) is 0 Å². The van der Waals surface area contributed by atoms with Crippen LogP contribution in [0.2, 0.25) is 0 Å². The SMILES string of the molecule is COc1cccc(CCC(=O)N(C)CC(=O)Nc2ccccc2SC)c1. The number of nitrogens with one attached hydrogen (secondary N) is 1. The number of likely N-dealkylation sites (N-methyl/N-ethyl adjacent to an activating group) is 1. The number of hydrogen-bond acceptors (Lipinski definition) is 4. The van der Waals surface area contributed by atoms with Gasteiger partial charge in [0.25, 0.3) is 0 Å². The Bertz CT molecular complexity index is 764. The van der Waals surface area contributed by atoms with Crippen LogP contribution in [0.1, 0.15) is 12.0 Å². The highest BCUT2D eigenvalue weighted by molar-refractivity contribution is 7.98. The summed E-state index contributed by atoms with van der Waals surface area (Å²) in [4.78, 5) is 27.0. The molecule has 2 amide bonds. The standard InChI is InChI=1S/C20H24N2O3S/c1-22(14-19(23)21-17-9-4-5-10-18(17)26-3)20(24)12-11-15-7-6-8-16(13-15)25-2/h4-10,13H,11-12,14H2,1-3H3,(H,21,23). The maximum Gasteiger partial charge on any atom is 0.244 e. The zero-order chi connectivity index (χ0) is 18.9. The summed E-state index contributed by atoms with van der Waals surface area (Å²) < 4.78 is 5.19. The van der Waals surface area contributed by atoms with Gasteiger partial charge in [0.15, 0.2) is 0 Å². The molecule has 2 rings (SSSR count). The van der Waals surface area contributed by atoms with Crippen molar-refractivity contribution in [3.63, 3.8) is 0 Å². The largest absolute Gasteiger partial charge is 0.497 e. The smallest absolute Gasteiger partial charge is 0.244 e. The second kappa shape index (κ2) is 9.87. The number of amides is 2. The first-order valence-electron chi connectivity index (χ1n) is 8.33. The summed E-state index contributed by atoms with van der Waals surface area (Å²) in [6.07, 6.45) is 2.91. The lowest BCUT2D eigenvalue weighted by Gasteiger charge is -2.17. The van der Waals surface area contributed by atoms with Crippen molar-refractivity contribution in [3.8, 4) is 5.75 Å². The van der Waals surface area contributed by atoms with Crippen LogP contribution in [0.25, 0.3) is 0 Å². The van der Waals surface area contributed by atoms with Gasteiger partial charge in [0.05, 0.1) is 19.3 Å². The molecule has 0 aromatic heterocycles. The van der Waals surface area contributed by atoms with Crippen LogP contribution in [0, 0.1) is 0 Å². The van der Waals surface area contributed by atoms with Crippen molar-refractivity contribution in [2.45, 2.75) is 17.7 Å². The molecule has 0 fully saturated rings. The van der Waals surface area contributed by atoms with Crippen molar-refractivity contribution in [2.24, 2.45) is 0 Å². The zero-order valence-electron chi connectivity index (χ0n) is 15.3. The molecule has 0 aliphatic heterocycles. The number of hydrogen-bond donors (Lipinski definition) is 1. The summed E-state index contributed by atoms with van der Waals surface area (Å²) in [5.74, 6) is 0.500. The first-order valence-corrected chi connectivity index (χ1v) is 9.55. The number of nitrogens with zero attached hydrogens (tertiary/aromatic N) is 1. The number of carbonyl (C=O) groups excluding carboxylic acids is 2. The number of thioether (sulfide) groups is 1. The van der Waals surface area contributed by atoms with E-state index in [0.717, 1.165) is 21.9 Å². The average Bonchev–Trinajstić information content (AvgIpc) is 2.66. The lowest BCUT2D eigenvalue weighted by atomic mass is 10.1. The van der Waals surface area contributed by atoms with Gasteiger partial charge < -0.3 is 15.0 Å². The van der Waals surface area contributed by atoms with E-state index in [1.165, 1.54) is 4.90 Å². The Labute approximate surface area is 158 Å². The van der Waals surface area contributed by atoms with Gasteiger partial charge in [0.1, 0.15) is 5.75 Å². The Balaban J connectivity index is 1.85. The van der Waals surface area contributed by atoms with Crippen LogP contribution >= 0.6 is 11.8 Å². The lowest BCUT2D eigenvalue weighted by Crippen LogP contribution is -2.35. The molecule has 6 heteroatoms. The quantitative estimate of drug-likeness (QED) is 0.721. The Morgan fingerprint density at radius 2 is 1.92 bits per heavy atom. The van der Waals surface area contributed by atoms with E-state index in [1.54, 1.807) is 25.9 Å². The van der Waals surface area contributed by atoms with E-state index in [-0.39, 0.29) is 18.4 Å². The molecule has 0 aliphatic rings. The topological polar surface area (TPSA) is 58.6 Å². The normalized spacial score (nSPS) is 10.3. The molecule has 0 atom stereocenters. The molecule has 0 aliphatic carbocycles. The Hall–Kier alpha value is -2.47. The summed E-state index contributed by atoms with van der Waals surface area (Å²) >= 11 is 1.57. The lowest BCUT2D eigenvalue weighted by molar-refractivity contribution is -0.133. The predicted molar refractivity (Wildman–Crippen MR) is 106 cm³/mol. The summed E-state index contributed by atoms with van der Waals surface area (Å²) in [5, 5.41) is 2.87. The van der Waals surface area contributed by atoms with Gasteiger partial charge in [-0.15, -0.1) is 11.8 Å². The van der Waals surface area contributed by atoms with Crippen LogP contribution in [0.5, 0.6) is 5.75 Å². The summed E-state index contributed by atoms with van der Waals surface area (Å²) in [6.45, 7) is 0.0274. The molecule has 138 valence electrons.